The van der Waals surface area contributed by atoms with Crippen LogP contribution < -0.4 is 0 Å². The maximum absolute atomic E-state index is 5.46. The molecular weight excluding hydrogens is 339 g/mol. The normalized spacial score (nSPS) is 19.4. The van der Waals surface area contributed by atoms with Gasteiger partial charge in [0, 0.05) is 0 Å². The molecule has 0 aliphatic carbocycles. The molecule has 0 saturated heterocycles. The molecule has 112 valence electrons. The molecule has 0 spiro atoms. The molecule has 0 bridgehead atoms. The predicted octanol–water partition coefficient (Wildman–Crippen LogP) is 6.14. The van der Waals surface area contributed by atoms with E-state index in [1.807, 2.05) is 6.26 Å². The molecule has 0 aromatic rings. The van der Waals surface area contributed by atoms with Gasteiger partial charge in [-0.2, -0.15) is 0 Å². The molecule has 19 heavy (non-hydrogen) atoms. The zero-order valence-corrected chi connectivity index (χ0v) is 16.3. The molecular formula is C17H34OSn. The fourth-order valence-corrected chi connectivity index (χ4v) is 21.4. The Hall–Kier alpha value is 0.339. The van der Waals surface area contributed by atoms with Gasteiger partial charge in [-0.3, -0.25) is 0 Å². The summed E-state index contributed by atoms with van der Waals surface area (Å²) in [6, 6.07) is 0. The molecule has 1 nitrogen and oxygen atoms in total. The second kappa shape index (κ2) is 10.1. The molecule has 1 rings (SSSR count). The molecule has 2 heteroatoms. The Morgan fingerprint density at radius 2 is 1.47 bits per heavy atom. The fourth-order valence-electron chi connectivity index (χ4n) is 3.54. The molecule has 1 heterocycles. The van der Waals surface area contributed by atoms with E-state index in [1.54, 1.807) is 13.3 Å². The van der Waals surface area contributed by atoms with Crippen molar-refractivity contribution in [3.05, 3.63) is 12.3 Å². The van der Waals surface area contributed by atoms with Crippen LogP contribution in [0.3, 0.4) is 0 Å². The average molecular weight is 373 g/mol. The minimum atomic E-state index is -1.99. The van der Waals surface area contributed by atoms with Crippen molar-refractivity contribution in [2.24, 2.45) is 0 Å². The fraction of sp³-hybridized carbons (Fsp3) is 0.882. The van der Waals surface area contributed by atoms with Gasteiger partial charge in [-0.1, -0.05) is 0 Å². The molecule has 1 aliphatic heterocycles. The van der Waals surface area contributed by atoms with Gasteiger partial charge in [0.25, 0.3) is 0 Å². The summed E-state index contributed by atoms with van der Waals surface area (Å²) in [5.74, 6) is 0. The van der Waals surface area contributed by atoms with Crippen molar-refractivity contribution in [2.75, 3.05) is 6.61 Å². The quantitative estimate of drug-likeness (QED) is 0.418. The Kier molecular flexibility index (Phi) is 9.26. The van der Waals surface area contributed by atoms with Gasteiger partial charge in [0.15, 0.2) is 0 Å². The Bertz CT molecular complexity index is 228. The van der Waals surface area contributed by atoms with Crippen molar-refractivity contribution in [3.63, 3.8) is 0 Å². The first-order valence-electron chi connectivity index (χ1n) is 8.57. The van der Waals surface area contributed by atoms with E-state index in [2.05, 4.69) is 26.8 Å². The van der Waals surface area contributed by atoms with E-state index in [9.17, 15) is 0 Å². The third kappa shape index (κ3) is 5.69. The third-order valence-corrected chi connectivity index (χ3v) is 22.2. The van der Waals surface area contributed by atoms with Crippen LogP contribution in [-0.4, -0.2) is 25.0 Å². The Balaban J connectivity index is 2.79. The van der Waals surface area contributed by atoms with Crippen LogP contribution >= 0.6 is 0 Å². The van der Waals surface area contributed by atoms with E-state index >= 15 is 0 Å². The predicted molar refractivity (Wildman–Crippen MR) is 88.4 cm³/mol. The van der Waals surface area contributed by atoms with E-state index in [0.29, 0.717) is 0 Å². The summed E-state index contributed by atoms with van der Waals surface area (Å²) in [7, 11) is 0. The zero-order chi connectivity index (χ0) is 14.0. The van der Waals surface area contributed by atoms with Crippen molar-refractivity contribution >= 4 is 18.4 Å². The van der Waals surface area contributed by atoms with Crippen molar-refractivity contribution in [1.82, 2.24) is 0 Å². The molecule has 1 atom stereocenters. The molecule has 0 aromatic carbocycles. The van der Waals surface area contributed by atoms with Gasteiger partial charge in [0.1, 0.15) is 0 Å². The molecule has 0 radical (unpaired) electrons. The van der Waals surface area contributed by atoms with Crippen molar-refractivity contribution < 1.29 is 4.74 Å². The summed E-state index contributed by atoms with van der Waals surface area (Å²) in [5.41, 5.74) is 0. The van der Waals surface area contributed by atoms with Gasteiger partial charge in [0.2, 0.25) is 0 Å². The number of allylic oxidation sites excluding steroid dienone is 1. The Morgan fingerprint density at radius 1 is 0.947 bits per heavy atom. The van der Waals surface area contributed by atoms with Crippen LogP contribution in [0.15, 0.2) is 12.3 Å². The summed E-state index contributed by atoms with van der Waals surface area (Å²) in [6.07, 6.45) is 14.4. The van der Waals surface area contributed by atoms with Gasteiger partial charge in [0.05, 0.1) is 0 Å². The van der Waals surface area contributed by atoms with E-state index in [0.717, 1.165) is 10.5 Å². The number of rotatable bonds is 10. The van der Waals surface area contributed by atoms with Crippen LogP contribution in [0.1, 0.15) is 65.7 Å². The first kappa shape index (κ1) is 17.4. The summed E-state index contributed by atoms with van der Waals surface area (Å²) >= 11 is -1.99. The van der Waals surface area contributed by atoms with Gasteiger partial charge in [-0.15, -0.1) is 0 Å². The van der Waals surface area contributed by atoms with Crippen LogP contribution in [0.4, 0.5) is 0 Å². The summed E-state index contributed by atoms with van der Waals surface area (Å²) in [6.45, 7) is 8.05. The molecule has 1 aliphatic rings. The van der Waals surface area contributed by atoms with Crippen molar-refractivity contribution in [3.8, 4) is 0 Å². The van der Waals surface area contributed by atoms with E-state index in [-0.39, 0.29) is 0 Å². The maximum atomic E-state index is 5.46. The first-order valence-corrected chi connectivity index (χ1v) is 16.3. The van der Waals surface area contributed by atoms with Gasteiger partial charge >= 0.3 is 125 Å². The Labute approximate surface area is 125 Å². The van der Waals surface area contributed by atoms with E-state index in [4.69, 9.17) is 4.74 Å². The third-order valence-electron chi connectivity index (χ3n) is 4.83. The van der Waals surface area contributed by atoms with Crippen LogP contribution in [0.25, 0.3) is 0 Å². The number of hydrogen-bond donors (Lipinski definition) is 0. The van der Waals surface area contributed by atoms with Crippen LogP contribution in [-0.2, 0) is 4.74 Å². The molecule has 1 unspecified atom stereocenters. The minimum absolute atomic E-state index is 0.965. The zero-order valence-electron chi connectivity index (χ0n) is 13.4. The van der Waals surface area contributed by atoms with Gasteiger partial charge in [-0.25, -0.2) is 0 Å². The second-order valence-electron chi connectivity index (χ2n) is 6.27. The second-order valence-corrected chi connectivity index (χ2v) is 20.4. The molecule has 0 amide bonds. The summed E-state index contributed by atoms with van der Waals surface area (Å²) in [4.78, 5) is 0. The van der Waals surface area contributed by atoms with Crippen molar-refractivity contribution in [1.29, 1.82) is 0 Å². The van der Waals surface area contributed by atoms with Crippen LogP contribution in [0.2, 0.25) is 17.2 Å². The topological polar surface area (TPSA) is 9.23 Å². The van der Waals surface area contributed by atoms with Crippen molar-refractivity contribution in [2.45, 2.75) is 83.0 Å². The van der Waals surface area contributed by atoms with E-state index in [1.165, 1.54) is 44.9 Å². The summed E-state index contributed by atoms with van der Waals surface area (Å²) < 4.78 is 11.3. The van der Waals surface area contributed by atoms with Gasteiger partial charge in [-0.05, 0) is 0 Å². The van der Waals surface area contributed by atoms with Crippen LogP contribution in [0, 0.1) is 0 Å². The molecule has 0 fully saturated rings. The van der Waals surface area contributed by atoms with Gasteiger partial charge < -0.3 is 0 Å². The summed E-state index contributed by atoms with van der Waals surface area (Å²) in [5, 5.41) is 0. The molecule has 0 saturated carbocycles. The Morgan fingerprint density at radius 3 is 1.84 bits per heavy atom. The molecule has 0 aromatic heterocycles. The first-order chi connectivity index (χ1) is 9.29. The number of hydrogen-bond acceptors (Lipinski definition) is 1. The molecule has 0 N–H and O–H groups in total. The van der Waals surface area contributed by atoms with E-state index < -0.39 is 18.4 Å². The number of unbranched alkanes of at least 4 members (excludes halogenated alkanes) is 3. The SMILES string of the molecule is CCC[CH2][Sn]([CH2]CCC)([CH2]CCC)[CH]1C=COCC1. The van der Waals surface area contributed by atoms with Crippen LogP contribution in [0.5, 0.6) is 0 Å². The average Bonchev–Trinajstić information content (AvgIpc) is 2.48. The number of ether oxygens (including phenoxy) is 1. The standard InChI is InChI=1S/C5H7O.3C4H9.Sn/c1-2-4-6-5-3-1;3*1-3-4-2;/h1-2,4H,3,5H2;3*1,3-4H2,2H3;. The monoisotopic (exact) mass is 374 g/mol.